The van der Waals surface area contributed by atoms with Crippen LogP contribution in [0.3, 0.4) is 0 Å². The summed E-state index contributed by atoms with van der Waals surface area (Å²) in [6.07, 6.45) is 0. The summed E-state index contributed by atoms with van der Waals surface area (Å²) in [5.74, 6) is 0. The van der Waals surface area contributed by atoms with Gasteiger partial charge in [0.05, 0.1) is 11.5 Å². The van der Waals surface area contributed by atoms with Crippen molar-refractivity contribution in [3.05, 3.63) is 28.3 Å². The maximum absolute atomic E-state index is 10.7. The van der Waals surface area contributed by atoms with Gasteiger partial charge in [-0.1, -0.05) is 6.92 Å². The lowest BCUT2D eigenvalue weighted by Crippen LogP contribution is -2.02. The van der Waals surface area contributed by atoms with Crippen molar-refractivity contribution in [2.24, 2.45) is 0 Å². The highest BCUT2D eigenvalue weighted by atomic mass is 32.2. The summed E-state index contributed by atoms with van der Waals surface area (Å²) in [6.45, 7) is 1.91. The van der Waals surface area contributed by atoms with Crippen LogP contribution in [0, 0.1) is 10.1 Å². The zero-order chi connectivity index (χ0) is 12.1. The first-order valence-electron chi connectivity index (χ1n) is 4.81. The van der Waals surface area contributed by atoms with Gasteiger partial charge in [0.15, 0.2) is 0 Å². The molecule has 0 aliphatic carbocycles. The lowest BCUT2D eigenvalue weighted by atomic mass is 10.3. The number of nitro groups is 1. The summed E-state index contributed by atoms with van der Waals surface area (Å²) in [5.41, 5.74) is 0.751. The molecule has 0 saturated heterocycles. The van der Waals surface area contributed by atoms with Gasteiger partial charge in [-0.05, 0) is 6.07 Å². The van der Waals surface area contributed by atoms with Crippen molar-refractivity contribution in [3.8, 4) is 0 Å². The van der Waals surface area contributed by atoms with E-state index in [1.165, 1.54) is 23.9 Å². The van der Waals surface area contributed by atoms with E-state index in [1.54, 1.807) is 7.05 Å². The summed E-state index contributed by atoms with van der Waals surface area (Å²) >= 11 is 1.41. The summed E-state index contributed by atoms with van der Waals surface area (Å²) in [5, 5.41) is 22.5. The minimum atomic E-state index is -0.422. The maximum atomic E-state index is 10.7. The van der Waals surface area contributed by atoms with Crippen LogP contribution >= 0.6 is 11.8 Å². The third kappa shape index (κ3) is 3.39. The normalized spacial score (nSPS) is 12.2. The molecule has 1 unspecified atom stereocenters. The van der Waals surface area contributed by atoms with Crippen molar-refractivity contribution in [2.45, 2.75) is 17.1 Å². The fraction of sp³-hybridized carbons (Fsp3) is 0.400. The number of aliphatic hydroxyl groups excluding tert-OH is 1. The van der Waals surface area contributed by atoms with Gasteiger partial charge in [0.1, 0.15) is 0 Å². The van der Waals surface area contributed by atoms with Crippen LogP contribution in [0.15, 0.2) is 23.1 Å². The predicted octanol–water partition coefficient (Wildman–Crippen LogP) is 2.11. The van der Waals surface area contributed by atoms with Gasteiger partial charge >= 0.3 is 0 Å². The molecule has 0 spiro atoms. The second kappa shape index (κ2) is 5.72. The SMILES string of the molecule is CNc1cc(SC(C)CO)cc([N+](=O)[O-])c1. The molecule has 0 amide bonds. The average molecular weight is 242 g/mol. The Labute approximate surface area is 98.0 Å². The Kier molecular flexibility index (Phi) is 4.57. The van der Waals surface area contributed by atoms with Crippen LogP contribution in [0.1, 0.15) is 6.92 Å². The quantitative estimate of drug-likeness (QED) is 0.470. The van der Waals surface area contributed by atoms with Crippen LogP contribution in [0.5, 0.6) is 0 Å². The first kappa shape index (κ1) is 12.8. The van der Waals surface area contributed by atoms with Gasteiger partial charge in [0.2, 0.25) is 0 Å². The molecule has 6 heteroatoms. The Hall–Kier alpha value is -1.27. The highest BCUT2D eigenvalue weighted by Crippen LogP contribution is 2.30. The number of rotatable bonds is 5. The number of non-ortho nitro benzene ring substituents is 1. The number of hydrogen-bond donors (Lipinski definition) is 2. The fourth-order valence-corrected chi connectivity index (χ4v) is 2.09. The standard InChI is InChI=1S/C10H14N2O3S/c1-7(6-13)16-10-4-8(11-2)3-9(5-10)12(14)15/h3-5,7,11,13H,6H2,1-2H3. The van der Waals surface area contributed by atoms with E-state index in [0.717, 1.165) is 4.90 Å². The Morgan fingerprint density at radius 2 is 2.25 bits per heavy atom. The van der Waals surface area contributed by atoms with Crippen LogP contribution < -0.4 is 5.32 Å². The Morgan fingerprint density at radius 3 is 2.75 bits per heavy atom. The molecular formula is C10H14N2O3S. The minimum absolute atomic E-state index is 0.0201. The smallest absolute Gasteiger partial charge is 0.272 e. The molecule has 1 aromatic rings. The molecule has 88 valence electrons. The number of nitrogens with one attached hydrogen (secondary N) is 1. The summed E-state index contributed by atoms with van der Waals surface area (Å²) in [4.78, 5) is 11.1. The first-order chi connectivity index (χ1) is 7.56. The summed E-state index contributed by atoms with van der Waals surface area (Å²) < 4.78 is 0. The Balaban J connectivity index is 2.99. The Morgan fingerprint density at radius 1 is 1.56 bits per heavy atom. The number of thioether (sulfide) groups is 1. The molecule has 1 aromatic carbocycles. The molecule has 1 atom stereocenters. The van der Waals surface area contributed by atoms with E-state index in [4.69, 9.17) is 5.11 Å². The van der Waals surface area contributed by atoms with Gasteiger partial charge in [-0.3, -0.25) is 10.1 Å². The van der Waals surface area contributed by atoms with Gasteiger partial charge < -0.3 is 10.4 Å². The second-order valence-corrected chi connectivity index (χ2v) is 4.85. The van der Waals surface area contributed by atoms with Crippen molar-refractivity contribution in [1.82, 2.24) is 0 Å². The molecule has 0 saturated carbocycles. The van der Waals surface area contributed by atoms with E-state index in [0.29, 0.717) is 5.69 Å². The summed E-state index contributed by atoms with van der Waals surface area (Å²) in [6, 6.07) is 4.81. The highest BCUT2D eigenvalue weighted by Gasteiger charge is 2.11. The average Bonchev–Trinajstić information content (AvgIpc) is 2.28. The second-order valence-electron chi connectivity index (χ2n) is 3.33. The number of hydrogen-bond acceptors (Lipinski definition) is 5. The van der Waals surface area contributed by atoms with Gasteiger partial charge in [-0.25, -0.2) is 0 Å². The van der Waals surface area contributed by atoms with Crippen molar-refractivity contribution in [1.29, 1.82) is 0 Å². The van der Waals surface area contributed by atoms with Crippen LogP contribution in [-0.2, 0) is 0 Å². The molecule has 0 aliphatic heterocycles. The van der Waals surface area contributed by atoms with Gasteiger partial charge in [0.25, 0.3) is 5.69 Å². The van der Waals surface area contributed by atoms with Gasteiger partial charge in [-0.15, -0.1) is 11.8 Å². The molecule has 0 radical (unpaired) electrons. The molecule has 2 N–H and O–H groups in total. The predicted molar refractivity (Wildman–Crippen MR) is 65.0 cm³/mol. The molecular weight excluding hydrogens is 228 g/mol. The van der Waals surface area contributed by atoms with E-state index in [9.17, 15) is 10.1 Å². The minimum Gasteiger partial charge on any atom is -0.395 e. The molecule has 5 nitrogen and oxygen atoms in total. The van der Waals surface area contributed by atoms with Crippen LogP contribution in [0.4, 0.5) is 11.4 Å². The van der Waals surface area contributed by atoms with E-state index in [2.05, 4.69) is 5.32 Å². The van der Waals surface area contributed by atoms with Gasteiger partial charge in [0, 0.05) is 35.0 Å². The van der Waals surface area contributed by atoms with E-state index < -0.39 is 4.92 Å². The number of benzene rings is 1. The monoisotopic (exact) mass is 242 g/mol. The van der Waals surface area contributed by atoms with E-state index in [-0.39, 0.29) is 17.5 Å². The zero-order valence-electron chi connectivity index (χ0n) is 9.14. The molecule has 0 aromatic heterocycles. The van der Waals surface area contributed by atoms with E-state index in [1.807, 2.05) is 13.0 Å². The molecule has 0 fully saturated rings. The highest BCUT2D eigenvalue weighted by molar-refractivity contribution is 8.00. The van der Waals surface area contributed by atoms with Crippen molar-refractivity contribution in [3.63, 3.8) is 0 Å². The van der Waals surface area contributed by atoms with Crippen LogP contribution in [0.2, 0.25) is 0 Å². The summed E-state index contributed by atoms with van der Waals surface area (Å²) in [7, 11) is 1.71. The number of aliphatic hydroxyl groups is 1. The molecule has 0 heterocycles. The zero-order valence-corrected chi connectivity index (χ0v) is 9.95. The number of nitrogens with zero attached hydrogens (tertiary/aromatic N) is 1. The lowest BCUT2D eigenvalue weighted by Gasteiger charge is -2.09. The van der Waals surface area contributed by atoms with Crippen molar-refractivity contribution < 1.29 is 10.0 Å². The third-order valence-corrected chi connectivity index (χ3v) is 3.04. The van der Waals surface area contributed by atoms with Crippen molar-refractivity contribution >= 4 is 23.1 Å². The molecule has 16 heavy (non-hydrogen) atoms. The topological polar surface area (TPSA) is 75.4 Å². The van der Waals surface area contributed by atoms with Crippen LogP contribution in [0.25, 0.3) is 0 Å². The molecule has 0 bridgehead atoms. The lowest BCUT2D eigenvalue weighted by molar-refractivity contribution is -0.385. The third-order valence-electron chi connectivity index (χ3n) is 1.99. The van der Waals surface area contributed by atoms with Crippen molar-refractivity contribution in [2.75, 3.05) is 19.0 Å². The fourth-order valence-electron chi connectivity index (χ4n) is 1.17. The maximum Gasteiger partial charge on any atom is 0.272 e. The molecule has 0 aliphatic rings. The largest absolute Gasteiger partial charge is 0.395 e. The number of nitro benzene ring substituents is 1. The van der Waals surface area contributed by atoms with Gasteiger partial charge in [-0.2, -0.15) is 0 Å². The van der Waals surface area contributed by atoms with Crippen LogP contribution in [-0.4, -0.2) is 28.9 Å². The van der Waals surface area contributed by atoms with E-state index >= 15 is 0 Å². The first-order valence-corrected chi connectivity index (χ1v) is 5.69. The number of anilines is 1. The Bertz CT molecular complexity index is 384. The molecule has 1 rings (SSSR count).